The van der Waals surface area contributed by atoms with E-state index in [1.54, 1.807) is 42.5 Å². The first kappa shape index (κ1) is 19.9. The smallest absolute Gasteiger partial charge is 0.338 e. The van der Waals surface area contributed by atoms with Crippen LogP contribution in [-0.2, 0) is 9.53 Å². The minimum Gasteiger partial charge on any atom is -0.452 e. The maximum atomic E-state index is 12.1. The molecule has 2 N–H and O–H groups in total. The average molecular weight is 391 g/mol. The third kappa shape index (κ3) is 4.90. The molecule has 0 unspecified atom stereocenters. The summed E-state index contributed by atoms with van der Waals surface area (Å²) in [5.41, 5.74) is 8.32. The van der Waals surface area contributed by atoms with Crippen molar-refractivity contribution < 1.29 is 19.1 Å². The van der Waals surface area contributed by atoms with Crippen LogP contribution in [0.4, 0.5) is 0 Å². The monoisotopic (exact) mass is 391 g/mol. The van der Waals surface area contributed by atoms with Crippen LogP contribution in [-0.4, -0.2) is 29.0 Å². The molecule has 7 nitrogen and oxygen atoms in total. The Kier molecular flexibility index (Phi) is 6.09. The summed E-state index contributed by atoms with van der Waals surface area (Å²) in [5, 5.41) is 0. The van der Waals surface area contributed by atoms with Gasteiger partial charge in [0.05, 0.1) is 5.56 Å². The Labute approximate surface area is 168 Å². The number of amides is 2. The van der Waals surface area contributed by atoms with Gasteiger partial charge in [-0.25, -0.2) is 4.79 Å². The average Bonchev–Trinajstić information content (AvgIpc) is 3.09. The van der Waals surface area contributed by atoms with Crippen molar-refractivity contribution in [2.45, 2.75) is 13.8 Å². The van der Waals surface area contributed by atoms with Gasteiger partial charge in [0.1, 0.15) is 0 Å². The van der Waals surface area contributed by atoms with E-state index in [1.165, 1.54) is 0 Å². The zero-order chi connectivity index (χ0) is 20.8. The van der Waals surface area contributed by atoms with Gasteiger partial charge < -0.3 is 9.30 Å². The van der Waals surface area contributed by atoms with Crippen LogP contribution in [0.15, 0.2) is 66.7 Å². The number of nitrogens with zero attached hydrogens (tertiary/aromatic N) is 1. The van der Waals surface area contributed by atoms with Crippen LogP contribution in [0.25, 0.3) is 5.69 Å². The molecule has 3 rings (SSSR count). The van der Waals surface area contributed by atoms with Gasteiger partial charge in [0, 0.05) is 22.6 Å². The Hall–Kier alpha value is -3.87. The van der Waals surface area contributed by atoms with Gasteiger partial charge in [0.15, 0.2) is 6.61 Å². The minimum absolute atomic E-state index is 0.331. The maximum absolute atomic E-state index is 12.1. The van der Waals surface area contributed by atoms with E-state index in [1.807, 2.05) is 38.1 Å². The van der Waals surface area contributed by atoms with Gasteiger partial charge in [-0.1, -0.05) is 18.2 Å². The number of nitrogens with one attached hydrogen (secondary N) is 2. The third-order valence-electron chi connectivity index (χ3n) is 4.32. The van der Waals surface area contributed by atoms with E-state index in [2.05, 4.69) is 15.4 Å². The molecule has 0 spiro atoms. The van der Waals surface area contributed by atoms with E-state index >= 15 is 0 Å². The Morgan fingerprint density at radius 1 is 0.793 bits per heavy atom. The number of carbonyl (C=O) groups excluding carboxylic acids is 3. The van der Waals surface area contributed by atoms with E-state index in [0.29, 0.717) is 11.1 Å². The fourth-order valence-corrected chi connectivity index (χ4v) is 2.86. The summed E-state index contributed by atoms with van der Waals surface area (Å²) in [7, 11) is 0. The number of benzene rings is 2. The molecule has 0 atom stereocenters. The highest BCUT2D eigenvalue weighted by molar-refractivity contribution is 5.96. The van der Waals surface area contributed by atoms with Crippen molar-refractivity contribution in [1.29, 1.82) is 0 Å². The number of hydrogen-bond acceptors (Lipinski definition) is 4. The van der Waals surface area contributed by atoms with Crippen LogP contribution in [0.3, 0.4) is 0 Å². The Morgan fingerprint density at radius 2 is 1.41 bits per heavy atom. The van der Waals surface area contributed by atoms with Gasteiger partial charge in [0.25, 0.3) is 11.8 Å². The van der Waals surface area contributed by atoms with Crippen LogP contribution in [0.2, 0.25) is 0 Å². The first-order valence-corrected chi connectivity index (χ1v) is 9.02. The van der Waals surface area contributed by atoms with Crippen molar-refractivity contribution in [3.8, 4) is 5.69 Å². The van der Waals surface area contributed by atoms with Crippen LogP contribution in [0.5, 0.6) is 0 Å². The van der Waals surface area contributed by atoms with Crippen molar-refractivity contribution in [1.82, 2.24) is 15.4 Å². The minimum atomic E-state index is -0.641. The lowest BCUT2D eigenvalue weighted by Crippen LogP contribution is -2.43. The molecular weight excluding hydrogens is 370 g/mol. The number of ether oxygens (including phenoxy) is 1. The summed E-state index contributed by atoms with van der Waals surface area (Å²) in [5.74, 6) is -1.73. The van der Waals surface area contributed by atoms with Crippen molar-refractivity contribution >= 4 is 17.8 Å². The molecule has 0 radical (unpaired) electrons. The van der Waals surface area contributed by atoms with Crippen LogP contribution >= 0.6 is 0 Å². The summed E-state index contributed by atoms with van der Waals surface area (Å²) >= 11 is 0. The van der Waals surface area contributed by atoms with Gasteiger partial charge in [-0.05, 0) is 62.4 Å². The molecule has 0 bridgehead atoms. The molecule has 0 saturated carbocycles. The maximum Gasteiger partial charge on any atom is 0.338 e. The van der Waals surface area contributed by atoms with Gasteiger partial charge in [-0.3, -0.25) is 20.4 Å². The second-order valence-corrected chi connectivity index (χ2v) is 6.44. The molecule has 1 heterocycles. The number of hydrogen-bond donors (Lipinski definition) is 2. The normalized spacial score (nSPS) is 10.3. The molecule has 3 aromatic rings. The first-order valence-electron chi connectivity index (χ1n) is 9.02. The van der Waals surface area contributed by atoms with Crippen molar-refractivity contribution in [2.75, 3.05) is 6.61 Å². The molecule has 148 valence electrons. The molecule has 7 heteroatoms. The SMILES string of the molecule is Cc1ccc(C)n1-c1ccc(C(=O)OCC(=O)NNC(=O)c2ccccc2)cc1. The van der Waals surface area contributed by atoms with E-state index in [-0.39, 0.29) is 0 Å². The van der Waals surface area contributed by atoms with E-state index < -0.39 is 24.4 Å². The molecule has 1 aromatic heterocycles. The van der Waals surface area contributed by atoms with Crippen LogP contribution in [0.1, 0.15) is 32.1 Å². The summed E-state index contributed by atoms with van der Waals surface area (Å²) in [6.07, 6.45) is 0. The molecule has 0 aliphatic heterocycles. The fourth-order valence-electron chi connectivity index (χ4n) is 2.86. The summed E-state index contributed by atoms with van der Waals surface area (Å²) < 4.78 is 7.06. The fraction of sp³-hybridized carbons (Fsp3) is 0.136. The van der Waals surface area contributed by atoms with Gasteiger partial charge in [-0.15, -0.1) is 0 Å². The molecule has 0 aliphatic carbocycles. The number of carbonyl (C=O) groups is 3. The van der Waals surface area contributed by atoms with Crippen LogP contribution in [0, 0.1) is 13.8 Å². The Morgan fingerprint density at radius 3 is 2.03 bits per heavy atom. The van der Waals surface area contributed by atoms with Gasteiger partial charge in [0.2, 0.25) is 0 Å². The lowest BCUT2D eigenvalue weighted by molar-refractivity contribution is -0.125. The van der Waals surface area contributed by atoms with Gasteiger partial charge >= 0.3 is 5.97 Å². The number of esters is 1. The summed E-state index contributed by atoms with van der Waals surface area (Å²) in [4.78, 5) is 35.8. The zero-order valence-corrected chi connectivity index (χ0v) is 16.1. The van der Waals surface area contributed by atoms with Crippen molar-refractivity contribution in [2.24, 2.45) is 0 Å². The molecule has 2 amide bonds. The summed E-state index contributed by atoms with van der Waals surface area (Å²) in [6.45, 7) is 3.50. The number of hydrazine groups is 1. The second kappa shape index (κ2) is 8.88. The predicted octanol–water partition coefficient (Wildman–Crippen LogP) is 2.71. The number of aryl methyl sites for hydroxylation is 2. The van der Waals surface area contributed by atoms with E-state index in [4.69, 9.17) is 4.74 Å². The third-order valence-corrected chi connectivity index (χ3v) is 4.32. The molecule has 0 saturated heterocycles. The number of aromatic nitrogens is 1. The topological polar surface area (TPSA) is 89.4 Å². The molecule has 0 aliphatic rings. The first-order chi connectivity index (χ1) is 14.0. The van der Waals surface area contributed by atoms with Crippen molar-refractivity contribution in [3.05, 3.63) is 89.2 Å². The Bertz CT molecular complexity index is 1000. The highest BCUT2D eigenvalue weighted by Gasteiger charge is 2.12. The number of rotatable bonds is 5. The zero-order valence-electron chi connectivity index (χ0n) is 16.1. The highest BCUT2D eigenvalue weighted by Crippen LogP contribution is 2.17. The quantitative estimate of drug-likeness (QED) is 0.517. The van der Waals surface area contributed by atoms with E-state index in [0.717, 1.165) is 17.1 Å². The molecule has 2 aromatic carbocycles. The lowest BCUT2D eigenvalue weighted by Gasteiger charge is -2.10. The van der Waals surface area contributed by atoms with E-state index in [9.17, 15) is 14.4 Å². The molecule has 29 heavy (non-hydrogen) atoms. The Balaban J connectivity index is 1.50. The van der Waals surface area contributed by atoms with Gasteiger partial charge in [-0.2, -0.15) is 0 Å². The second-order valence-electron chi connectivity index (χ2n) is 6.44. The highest BCUT2D eigenvalue weighted by atomic mass is 16.5. The van der Waals surface area contributed by atoms with Crippen molar-refractivity contribution in [3.63, 3.8) is 0 Å². The molecule has 0 fully saturated rings. The predicted molar refractivity (Wildman–Crippen MR) is 108 cm³/mol. The molecular formula is C22H21N3O4. The summed E-state index contributed by atoms with van der Waals surface area (Å²) in [6, 6.07) is 19.4. The largest absolute Gasteiger partial charge is 0.452 e. The van der Waals surface area contributed by atoms with Crippen LogP contribution < -0.4 is 10.9 Å². The lowest BCUT2D eigenvalue weighted by atomic mass is 10.2. The standard InChI is InChI=1S/C22H21N3O4/c1-15-8-9-16(2)25(15)19-12-10-18(11-13-19)22(28)29-14-20(26)23-24-21(27)17-6-4-3-5-7-17/h3-13H,14H2,1-2H3,(H,23,26)(H,24,27).